The predicted molar refractivity (Wildman–Crippen MR) is 112 cm³/mol. The Labute approximate surface area is 168 Å². The number of nitrogens with zero attached hydrogens (tertiary/aromatic N) is 3. The first kappa shape index (κ1) is 22.1. The highest BCUT2D eigenvalue weighted by Crippen LogP contribution is 2.18. The molecule has 1 aliphatic heterocycles. The minimum Gasteiger partial charge on any atom is -0.342 e. The first-order valence-electron chi connectivity index (χ1n) is 10.6. The van der Waals surface area contributed by atoms with Gasteiger partial charge in [0.2, 0.25) is 11.8 Å². The van der Waals surface area contributed by atoms with Gasteiger partial charge in [-0.15, -0.1) is 0 Å². The number of hydrogen-bond donors (Lipinski definition) is 1. The number of pyridine rings is 1. The van der Waals surface area contributed by atoms with Crippen LogP contribution in [0.25, 0.3) is 0 Å². The molecule has 1 aromatic rings. The van der Waals surface area contributed by atoms with Crippen LogP contribution in [0, 0.1) is 5.92 Å². The van der Waals surface area contributed by atoms with Gasteiger partial charge in [0.15, 0.2) is 0 Å². The molecule has 154 valence electrons. The van der Waals surface area contributed by atoms with Crippen molar-refractivity contribution in [3.63, 3.8) is 0 Å². The fraction of sp³-hybridized carbons (Fsp3) is 0.636. The SMILES string of the molecule is CCCCCCCCC(=O)N1CCCC(C(=O)NN=C(C)c2cccnc2)C1. The molecule has 1 fully saturated rings. The van der Waals surface area contributed by atoms with Crippen molar-refractivity contribution in [2.75, 3.05) is 13.1 Å². The standard InChI is InChI=1S/C22H34N4O2/c1-3-4-5-6-7-8-13-21(27)26-15-10-12-20(17-26)22(28)25-24-18(2)19-11-9-14-23-16-19/h9,11,14,16,20H,3-8,10,12-13,15,17H2,1-2H3,(H,25,28). The molecular weight excluding hydrogens is 352 g/mol. The van der Waals surface area contributed by atoms with Crippen molar-refractivity contribution in [1.29, 1.82) is 0 Å². The molecule has 0 saturated carbocycles. The molecule has 6 nitrogen and oxygen atoms in total. The molecule has 1 saturated heterocycles. The monoisotopic (exact) mass is 386 g/mol. The Morgan fingerprint density at radius 3 is 2.79 bits per heavy atom. The van der Waals surface area contributed by atoms with E-state index in [1.54, 1.807) is 12.4 Å². The number of carbonyl (C=O) groups excluding carboxylic acids is 2. The summed E-state index contributed by atoms with van der Waals surface area (Å²) in [7, 11) is 0. The van der Waals surface area contributed by atoms with E-state index >= 15 is 0 Å². The number of nitrogens with one attached hydrogen (secondary N) is 1. The lowest BCUT2D eigenvalue weighted by Gasteiger charge is -2.31. The van der Waals surface area contributed by atoms with Crippen molar-refractivity contribution in [2.24, 2.45) is 11.0 Å². The molecular formula is C22H34N4O2. The lowest BCUT2D eigenvalue weighted by molar-refractivity contribution is -0.135. The number of aromatic nitrogens is 1. The van der Waals surface area contributed by atoms with Crippen LogP contribution < -0.4 is 5.43 Å². The minimum absolute atomic E-state index is 0.111. The number of amides is 2. The smallest absolute Gasteiger partial charge is 0.244 e. The summed E-state index contributed by atoms with van der Waals surface area (Å²) >= 11 is 0. The molecule has 0 aliphatic carbocycles. The lowest BCUT2D eigenvalue weighted by atomic mass is 9.97. The fourth-order valence-corrected chi connectivity index (χ4v) is 3.50. The Morgan fingerprint density at radius 1 is 1.25 bits per heavy atom. The minimum atomic E-state index is -0.187. The van der Waals surface area contributed by atoms with Gasteiger partial charge in [-0.25, -0.2) is 5.43 Å². The topological polar surface area (TPSA) is 74.7 Å². The van der Waals surface area contributed by atoms with Crippen LogP contribution in [0.1, 0.15) is 77.2 Å². The van der Waals surface area contributed by atoms with E-state index in [-0.39, 0.29) is 17.7 Å². The van der Waals surface area contributed by atoms with Gasteiger partial charge in [0.05, 0.1) is 11.6 Å². The summed E-state index contributed by atoms with van der Waals surface area (Å²) < 4.78 is 0. The maximum atomic E-state index is 12.5. The van der Waals surface area contributed by atoms with E-state index in [0.29, 0.717) is 18.7 Å². The average molecular weight is 387 g/mol. The van der Waals surface area contributed by atoms with Crippen molar-refractivity contribution in [1.82, 2.24) is 15.3 Å². The van der Waals surface area contributed by atoms with Crippen LogP contribution in [0.3, 0.4) is 0 Å². The van der Waals surface area contributed by atoms with Gasteiger partial charge in [-0.1, -0.05) is 45.1 Å². The second-order valence-electron chi connectivity index (χ2n) is 7.61. The molecule has 28 heavy (non-hydrogen) atoms. The summed E-state index contributed by atoms with van der Waals surface area (Å²) in [6.45, 7) is 5.31. The van der Waals surface area contributed by atoms with Crippen molar-refractivity contribution >= 4 is 17.5 Å². The first-order valence-corrected chi connectivity index (χ1v) is 10.6. The first-order chi connectivity index (χ1) is 13.6. The van der Waals surface area contributed by atoms with Gasteiger partial charge < -0.3 is 4.90 Å². The van der Waals surface area contributed by atoms with Crippen LogP contribution in [0.2, 0.25) is 0 Å². The summed E-state index contributed by atoms with van der Waals surface area (Å²) in [5, 5.41) is 4.20. The van der Waals surface area contributed by atoms with Crippen molar-refractivity contribution in [2.45, 2.75) is 71.6 Å². The highest BCUT2D eigenvalue weighted by molar-refractivity contribution is 5.99. The number of likely N-dealkylation sites (tertiary alicyclic amines) is 1. The number of hydrazone groups is 1. The Balaban J connectivity index is 1.75. The van der Waals surface area contributed by atoms with Gasteiger partial charge in [0, 0.05) is 37.5 Å². The highest BCUT2D eigenvalue weighted by Gasteiger charge is 2.28. The number of rotatable bonds is 10. The summed E-state index contributed by atoms with van der Waals surface area (Å²) in [6, 6.07) is 3.74. The number of carbonyl (C=O) groups is 2. The molecule has 1 aromatic heterocycles. The van der Waals surface area contributed by atoms with Gasteiger partial charge in [0.1, 0.15) is 0 Å². The van der Waals surface area contributed by atoms with Gasteiger partial charge in [-0.2, -0.15) is 5.10 Å². The van der Waals surface area contributed by atoms with Crippen LogP contribution in [0.15, 0.2) is 29.6 Å². The molecule has 1 atom stereocenters. The van der Waals surface area contributed by atoms with Crippen LogP contribution in [0.4, 0.5) is 0 Å². The van der Waals surface area contributed by atoms with E-state index in [4.69, 9.17) is 0 Å². The summed E-state index contributed by atoms with van der Waals surface area (Å²) in [4.78, 5) is 30.9. The largest absolute Gasteiger partial charge is 0.342 e. The van der Waals surface area contributed by atoms with Crippen LogP contribution in [-0.4, -0.2) is 40.5 Å². The second kappa shape index (κ2) is 12.3. The number of unbranched alkanes of at least 4 members (excludes halogenated alkanes) is 5. The zero-order chi connectivity index (χ0) is 20.2. The molecule has 0 bridgehead atoms. The summed E-state index contributed by atoms with van der Waals surface area (Å²) in [6.07, 6.45) is 12.7. The molecule has 1 N–H and O–H groups in total. The van der Waals surface area contributed by atoms with E-state index in [9.17, 15) is 9.59 Å². The zero-order valence-corrected chi connectivity index (χ0v) is 17.3. The fourth-order valence-electron chi connectivity index (χ4n) is 3.50. The third kappa shape index (κ3) is 7.41. The van der Waals surface area contributed by atoms with Gasteiger partial charge >= 0.3 is 0 Å². The summed E-state index contributed by atoms with van der Waals surface area (Å²) in [5.41, 5.74) is 4.26. The number of hydrogen-bond acceptors (Lipinski definition) is 4. The van der Waals surface area contributed by atoms with Gasteiger partial charge in [-0.05, 0) is 32.3 Å². The van der Waals surface area contributed by atoms with E-state index in [0.717, 1.165) is 37.8 Å². The molecule has 0 aromatic carbocycles. The maximum absolute atomic E-state index is 12.5. The summed E-state index contributed by atoms with van der Waals surface area (Å²) in [5.74, 6) is -0.115. The second-order valence-corrected chi connectivity index (χ2v) is 7.61. The molecule has 1 aliphatic rings. The van der Waals surface area contributed by atoms with Crippen molar-refractivity contribution < 1.29 is 9.59 Å². The lowest BCUT2D eigenvalue weighted by Crippen LogP contribution is -2.44. The molecule has 2 rings (SSSR count). The van der Waals surface area contributed by atoms with E-state index in [1.165, 1.54) is 25.7 Å². The molecule has 2 heterocycles. The molecule has 2 amide bonds. The molecule has 0 radical (unpaired) electrons. The predicted octanol–water partition coefficient (Wildman–Crippen LogP) is 3.91. The van der Waals surface area contributed by atoms with E-state index < -0.39 is 0 Å². The van der Waals surface area contributed by atoms with Crippen LogP contribution in [0.5, 0.6) is 0 Å². The Morgan fingerprint density at radius 2 is 2.04 bits per heavy atom. The third-order valence-electron chi connectivity index (χ3n) is 5.30. The van der Waals surface area contributed by atoms with Crippen molar-refractivity contribution in [3.8, 4) is 0 Å². The quantitative estimate of drug-likeness (QED) is 0.376. The van der Waals surface area contributed by atoms with E-state index in [1.807, 2.05) is 24.0 Å². The highest BCUT2D eigenvalue weighted by atomic mass is 16.2. The zero-order valence-electron chi connectivity index (χ0n) is 17.3. The number of piperidine rings is 1. The molecule has 0 spiro atoms. The van der Waals surface area contributed by atoms with Gasteiger partial charge in [-0.3, -0.25) is 14.6 Å². The Kier molecular flexibility index (Phi) is 9.66. The Hall–Kier alpha value is -2.24. The van der Waals surface area contributed by atoms with E-state index in [2.05, 4.69) is 22.4 Å². The third-order valence-corrected chi connectivity index (χ3v) is 5.30. The van der Waals surface area contributed by atoms with Crippen LogP contribution >= 0.6 is 0 Å². The van der Waals surface area contributed by atoms with Crippen LogP contribution in [-0.2, 0) is 9.59 Å². The molecule has 1 unspecified atom stereocenters. The normalized spacial score (nSPS) is 17.4. The maximum Gasteiger partial charge on any atom is 0.244 e. The van der Waals surface area contributed by atoms with Gasteiger partial charge in [0.25, 0.3) is 0 Å². The van der Waals surface area contributed by atoms with Crippen molar-refractivity contribution in [3.05, 3.63) is 30.1 Å². The molecule has 6 heteroatoms. The average Bonchev–Trinajstić information content (AvgIpc) is 2.74. The Bertz CT molecular complexity index is 645.